The van der Waals surface area contributed by atoms with E-state index in [1.807, 2.05) is 0 Å². The minimum Gasteiger partial charge on any atom is -0.293 e. The highest BCUT2D eigenvalue weighted by molar-refractivity contribution is 5.97. The zero-order valence-electron chi connectivity index (χ0n) is 6.24. The van der Waals surface area contributed by atoms with Crippen LogP contribution in [-0.4, -0.2) is 15.6 Å². The first-order valence-corrected chi connectivity index (χ1v) is 3.19. The number of aromatic nitrogens is 2. The Bertz CT molecular complexity index is 306. The van der Waals surface area contributed by atoms with Crippen LogP contribution in [0.5, 0.6) is 0 Å². The van der Waals surface area contributed by atoms with Crippen molar-refractivity contribution in [1.82, 2.24) is 9.78 Å². The summed E-state index contributed by atoms with van der Waals surface area (Å²) in [6, 6.07) is 0. The number of hydrogen-bond donors (Lipinski definition) is 0. The second kappa shape index (κ2) is 3.02. The molecule has 3 heteroatoms. The number of carbonyl (C=O) groups is 1. The topological polar surface area (TPSA) is 34.9 Å². The molecule has 0 aliphatic heterocycles. The molecule has 1 rings (SSSR count). The highest BCUT2D eigenvalue weighted by atomic mass is 16.1. The van der Waals surface area contributed by atoms with Crippen molar-refractivity contribution in [2.24, 2.45) is 7.05 Å². The van der Waals surface area contributed by atoms with Gasteiger partial charge in [-0.15, -0.1) is 6.42 Å². The maximum absolute atomic E-state index is 11.1. The molecule has 0 saturated carbocycles. The van der Waals surface area contributed by atoms with E-state index in [0.717, 1.165) is 0 Å². The average Bonchev–Trinajstić information content (AvgIpc) is 2.36. The van der Waals surface area contributed by atoms with Crippen molar-refractivity contribution in [2.75, 3.05) is 0 Å². The fraction of sp³-hybridized carbons (Fsp3) is 0.250. The van der Waals surface area contributed by atoms with Crippen LogP contribution in [0.2, 0.25) is 0 Å². The van der Waals surface area contributed by atoms with Crippen LogP contribution >= 0.6 is 0 Å². The second-order valence-electron chi connectivity index (χ2n) is 2.21. The van der Waals surface area contributed by atoms with Gasteiger partial charge in [-0.25, -0.2) is 0 Å². The van der Waals surface area contributed by atoms with E-state index in [2.05, 4.69) is 11.0 Å². The van der Waals surface area contributed by atoms with Gasteiger partial charge >= 0.3 is 0 Å². The number of aryl methyl sites for hydroxylation is 1. The number of ketones is 1. The van der Waals surface area contributed by atoms with Gasteiger partial charge in [-0.1, -0.05) is 5.92 Å². The third-order valence-corrected chi connectivity index (χ3v) is 1.29. The van der Waals surface area contributed by atoms with E-state index in [1.165, 1.54) is 6.20 Å². The Kier molecular flexibility index (Phi) is 2.07. The van der Waals surface area contributed by atoms with Gasteiger partial charge in [-0.05, 0) is 0 Å². The van der Waals surface area contributed by atoms with Gasteiger partial charge in [-0.3, -0.25) is 9.48 Å². The summed E-state index contributed by atoms with van der Waals surface area (Å²) in [6.45, 7) is 0. The number of rotatable bonds is 2. The fourth-order valence-electron chi connectivity index (χ4n) is 0.760. The molecule has 0 aliphatic rings. The van der Waals surface area contributed by atoms with Gasteiger partial charge in [0.2, 0.25) is 0 Å². The molecule has 0 saturated heterocycles. The maximum atomic E-state index is 11.1. The quantitative estimate of drug-likeness (QED) is 0.455. The van der Waals surface area contributed by atoms with Crippen LogP contribution in [0.15, 0.2) is 12.4 Å². The zero-order valence-corrected chi connectivity index (χ0v) is 6.24. The van der Waals surface area contributed by atoms with Crippen molar-refractivity contribution in [1.29, 1.82) is 0 Å². The largest absolute Gasteiger partial charge is 0.293 e. The minimum atomic E-state index is -0.0550. The van der Waals surface area contributed by atoms with Gasteiger partial charge in [0.25, 0.3) is 0 Å². The fourth-order valence-corrected chi connectivity index (χ4v) is 0.760. The average molecular weight is 148 g/mol. The number of carbonyl (C=O) groups excluding carboxylic acids is 1. The van der Waals surface area contributed by atoms with Crippen molar-refractivity contribution in [2.45, 2.75) is 6.42 Å². The molecule has 0 radical (unpaired) electrons. The Hall–Kier alpha value is -1.56. The van der Waals surface area contributed by atoms with Crippen molar-refractivity contribution in [3.8, 4) is 12.3 Å². The van der Waals surface area contributed by atoms with E-state index in [9.17, 15) is 4.79 Å². The first-order valence-electron chi connectivity index (χ1n) is 3.19. The summed E-state index contributed by atoms with van der Waals surface area (Å²) in [5.74, 6) is 2.23. The first kappa shape index (κ1) is 7.55. The normalized spacial score (nSPS) is 9.09. The summed E-state index contributed by atoms with van der Waals surface area (Å²) >= 11 is 0. The Morgan fingerprint density at radius 3 is 3.09 bits per heavy atom. The third kappa shape index (κ3) is 1.68. The second-order valence-corrected chi connectivity index (χ2v) is 2.21. The Labute approximate surface area is 65.0 Å². The molecule has 1 aromatic heterocycles. The van der Waals surface area contributed by atoms with Gasteiger partial charge in [0, 0.05) is 13.2 Å². The van der Waals surface area contributed by atoms with Gasteiger partial charge in [0.05, 0.1) is 18.2 Å². The molecule has 1 heterocycles. The summed E-state index contributed by atoms with van der Waals surface area (Å²) in [6.07, 6.45) is 8.29. The van der Waals surface area contributed by atoms with E-state index in [1.54, 1.807) is 17.9 Å². The maximum Gasteiger partial charge on any atom is 0.177 e. The lowest BCUT2D eigenvalue weighted by Crippen LogP contribution is -1.94. The smallest absolute Gasteiger partial charge is 0.177 e. The van der Waals surface area contributed by atoms with Crippen LogP contribution in [0.1, 0.15) is 16.8 Å². The third-order valence-electron chi connectivity index (χ3n) is 1.29. The molecular weight excluding hydrogens is 140 g/mol. The Morgan fingerprint density at radius 1 is 1.91 bits per heavy atom. The molecule has 0 aliphatic carbocycles. The SMILES string of the molecule is C#CCC(=O)c1cnn(C)c1. The van der Waals surface area contributed by atoms with Crippen LogP contribution in [0.4, 0.5) is 0 Å². The first-order chi connectivity index (χ1) is 5.24. The lowest BCUT2D eigenvalue weighted by atomic mass is 10.2. The molecule has 0 amide bonds. The number of terminal acetylenes is 1. The van der Waals surface area contributed by atoms with E-state index in [-0.39, 0.29) is 12.2 Å². The predicted octanol–water partition coefficient (Wildman–Crippen LogP) is 0.626. The van der Waals surface area contributed by atoms with Crippen molar-refractivity contribution in [3.05, 3.63) is 18.0 Å². The molecule has 0 atom stereocenters. The van der Waals surface area contributed by atoms with Crippen LogP contribution < -0.4 is 0 Å². The molecule has 56 valence electrons. The van der Waals surface area contributed by atoms with E-state index in [0.29, 0.717) is 5.56 Å². The highest BCUT2D eigenvalue weighted by Crippen LogP contribution is 1.99. The van der Waals surface area contributed by atoms with E-state index >= 15 is 0 Å². The van der Waals surface area contributed by atoms with Gasteiger partial charge in [0.15, 0.2) is 5.78 Å². The van der Waals surface area contributed by atoms with Gasteiger partial charge < -0.3 is 0 Å². The molecule has 1 aromatic rings. The minimum absolute atomic E-state index is 0.0550. The standard InChI is InChI=1S/C8H8N2O/c1-3-4-8(11)7-5-9-10(2)6-7/h1,5-6H,4H2,2H3. The van der Waals surface area contributed by atoms with E-state index in [4.69, 9.17) is 6.42 Å². The number of Topliss-reactive ketones (excluding diaryl/α,β-unsaturated/α-hetero) is 1. The monoisotopic (exact) mass is 148 g/mol. The summed E-state index contributed by atoms with van der Waals surface area (Å²) in [5.41, 5.74) is 0.574. The lowest BCUT2D eigenvalue weighted by molar-refractivity contribution is 0.0998. The predicted molar refractivity (Wildman–Crippen MR) is 41.0 cm³/mol. The molecule has 0 aromatic carbocycles. The number of nitrogens with zero attached hydrogens (tertiary/aromatic N) is 2. The van der Waals surface area contributed by atoms with Crippen molar-refractivity contribution in [3.63, 3.8) is 0 Å². The lowest BCUT2D eigenvalue weighted by Gasteiger charge is -1.86. The van der Waals surface area contributed by atoms with Gasteiger partial charge in [0.1, 0.15) is 0 Å². The summed E-state index contributed by atoms with van der Waals surface area (Å²) < 4.78 is 1.57. The Balaban J connectivity index is 2.78. The van der Waals surface area contributed by atoms with Crippen molar-refractivity contribution >= 4 is 5.78 Å². The molecule has 0 bridgehead atoms. The van der Waals surface area contributed by atoms with Crippen LogP contribution in [0.3, 0.4) is 0 Å². The molecular formula is C8H8N2O. The molecule has 0 fully saturated rings. The van der Waals surface area contributed by atoms with E-state index < -0.39 is 0 Å². The molecule has 3 nitrogen and oxygen atoms in total. The van der Waals surface area contributed by atoms with Gasteiger partial charge in [-0.2, -0.15) is 5.10 Å². The summed E-state index contributed by atoms with van der Waals surface area (Å²) in [4.78, 5) is 11.1. The van der Waals surface area contributed by atoms with Crippen LogP contribution in [0, 0.1) is 12.3 Å². The Morgan fingerprint density at radius 2 is 2.64 bits per heavy atom. The number of hydrogen-bond acceptors (Lipinski definition) is 2. The summed E-state index contributed by atoms with van der Waals surface area (Å²) in [7, 11) is 1.76. The molecule has 0 unspecified atom stereocenters. The molecule has 0 N–H and O–H groups in total. The zero-order chi connectivity index (χ0) is 8.27. The van der Waals surface area contributed by atoms with Crippen molar-refractivity contribution < 1.29 is 4.79 Å². The highest BCUT2D eigenvalue weighted by Gasteiger charge is 2.04. The van der Waals surface area contributed by atoms with Crippen LogP contribution in [-0.2, 0) is 7.05 Å². The molecule has 11 heavy (non-hydrogen) atoms. The molecule has 0 spiro atoms. The summed E-state index contributed by atoms with van der Waals surface area (Å²) in [5, 5.41) is 3.85. The van der Waals surface area contributed by atoms with Crippen LogP contribution in [0.25, 0.3) is 0 Å².